The van der Waals surface area contributed by atoms with Gasteiger partial charge < -0.3 is 10.1 Å². The SMILES string of the molecule is CCOc1ccc(C)cc1C(C)NC1=NCCCCCC1. The van der Waals surface area contributed by atoms with Gasteiger partial charge in [0.15, 0.2) is 0 Å². The van der Waals surface area contributed by atoms with Crippen LogP contribution in [0.25, 0.3) is 0 Å². The van der Waals surface area contributed by atoms with Crippen molar-refractivity contribution in [2.24, 2.45) is 4.99 Å². The fourth-order valence-corrected chi connectivity index (χ4v) is 2.79. The minimum absolute atomic E-state index is 0.227. The summed E-state index contributed by atoms with van der Waals surface area (Å²) in [6.45, 7) is 8.00. The van der Waals surface area contributed by atoms with Crippen LogP contribution in [0.1, 0.15) is 63.1 Å². The van der Waals surface area contributed by atoms with E-state index < -0.39 is 0 Å². The van der Waals surface area contributed by atoms with Crippen LogP contribution in [0.3, 0.4) is 0 Å². The lowest BCUT2D eigenvalue weighted by molar-refractivity contribution is 0.334. The van der Waals surface area contributed by atoms with E-state index in [1.54, 1.807) is 0 Å². The molecule has 0 amide bonds. The predicted molar refractivity (Wildman–Crippen MR) is 89.3 cm³/mol. The number of hydrogen-bond acceptors (Lipinski definition) is 3. The van der Waals surface area contributed by atoms with E-state index in [9.17, 15) is 0 Å². The number of hydrogen-bond donors (Lipinski definition) is 1. The summed E-state index contributed by atoms with van der Waals surface area (Å²) >= 11 is 0. The molecule has 3 nitrogen and oxygen atoms in total. The largest absolute Gasteiger partial charge is 0.494 e. The summed E-state index contributed by atoms with van der Waals surface area (Å²) in [6.07, 6.45) is 6.17. The Morgan fingerprint density at radius 3 is 2.86 bits per heavy atom. The number of aliphatic imine (C=N–C) groups is 1. The van der Waals surface area contributed by atoms with Gasteiger partial charge in [0, 0.05) is 18.5 Å². The lowest BCUT2D eigenvalue weighted by atomic mass is 10.0. The highest BCUT2D eigenvalue weighted by Crippen LogP contribution is 2.26. The Balaban J connectivity index is 2.11. The summed E-state index contributed by atoms with van der Waals surface area (Å²) < 4.78 is 5.77. The number of rotatable bonds is 4. The second-order valence-electron chi connectivity index (χ2n) is 5.83. The number of benzene rings is 1. The molecule has 0 spiro atoms. The zero-order valence-electron chi connectivity index (χ0n) is 13.6. The molecule has 1 aliphatic heterocycles. The van der Waals surface area contributed by atoms with Crippen LogP contribution in [-0.2, 0) is 0 Å². The lowest BCUT2D eigenvalue weighted by Gasteiger charge is -2.21. The van der Waals surface area contributed by atoms with Crippen LogP contribution in [0, 0.1) is 6.92 Å². The smallest absolute Gasteiger partial charge is 0.124 e. The van der Waals surface area contributed by atoms with Crippen molar-refractivity contribution in [1.29, 1.82) is 0 Å². The second-order valence-corrected chi connectivity index (χ2v) is 5.83. The molecule has 0 saturated heterocycles. The van der Waals surface area contributed by atoms with E-state index in [1.165, 1.54) is 36.8 Å². The number of ether oxygens (including phenoxy) is 1. The van der Waals surface area contributed by atoms with Gasteiger partial charge in [-0.1, -0.05) is 30.5 Å². The van der Waals surface area contributed by atoms with E-state index in [-0.39, 0.29) is 6.04 Å². The zero-order valence-corrected chi connectivity index (χ0v) is 13.6. The van der Waals surface area contributed by atoms with Crippen LogP contribution in [-0.4, -0.2) is 19.0 Å². The quantitative estimate of drug-likeness (QED) is 0.890. The molecule has 1 heterocycles. The molecular weight excluding hydrogens is 260 g/mol. The van der Waals surface area contributed by atoms with Crippen molar-refractivity contribution in [3.63, 3.8) is 0 Å². The third kappa shape index (κ3) is 4.76. The van der Waals surface area contributed by atoms with Crippen molar-refractivity contribution in [3.05, 3.63) is 29.3 Å². The van der Waals surface area contributed by atoms with Gasteiger partial charge in [-0.25, -0.2) is 0 Å². The van der Waals surface area contributed by atoms with Gasteiger partial charge in [-0.05, 0) is 39.7 Å². The summed E-state index contributed by atoms with van der Waals surface area (Å²) in [5.74, 6) is 2.14. The van der Waals surface area contributed by atoms with Gasteiger partial charge in [0.25, 0.3) is 0 Å². The second kappa shape index (κ2) is 8.06. The highest BCUT2D eigenvalue weighted by Gasteiger charge is 2.14. The molecule has 1 aromatic rings. The average Bonchev–Trinajstić information content (AvgIpc) is 2.43. The highest BCUT2D eigenvalue weighted by atomic mass is 16.5. The topological polar surface area (TPSA) is 33.6 Å². The summed E-state index contributed by atoms with van der Waals surface area (Å²) in [5.41, 5.74) is 2.49. The van der Waals surface area contributed by atoms with Crippen molar-refractivity contribution in [2.75, 3.05) is 13.2 Å². The molecule has 3 heteroatoms. The fraction of sp³-hybridized carbons (Fsp3) is 0.611. The Bertz CT molecular complexity index is 482. The van der Waals surface area contributed by atoms with Gasteiger partial charge in [-0.15, -0.1) is 0 Å². The standard InChI is InChI=1S/C18H28N2O/c1-4-21-17-11-10-14(2)13-16(17)15(3)20-18-9-7-5-6-8-12-19-18/h10-11,13,15H,4-9,12H2,1-3H3,(H,19,20). The van der Waals surface area contributed by atoms with Gasteiger partial charge in [-0.3, -0.25) is 4.99 Å². The molecule has 0 saturated carbocycles. The van der Waals surface area contributed by atoms with Gasteiger partial charge in [0.05, 0.1) is 18.5 Å². The molecule has 0 fully saturated rings. The molecule has 0 aliphatic carbocycles. The minimum atomic E-state index is 0.227. The van der Waals surface area contributed by atoms with Crippen LogP contribution in [0.2, 0.25) is 0 Å². The first-order valence-electron chi connectivity index (χ1n) is 8.24. The summed E-state index contributed by atoms with van der Waals surface area (Å²) in [6, 6.07) is 6.62. The van der Waals surface area contributed by atoms with E-state index in [2.05, 4.69) is 37.4 Å². The molecule has 21 heavy (non-hydrogen) atoms. The first-order valence-corrected chi connectivity index (χ1v) is 8.24. The number of nitrogens with one attached hydrogen (secondary N) is 1. The van der Waals surface area contributed by atoms with Crippen LogP contribution >= 0.6 is 0 Å². The molecule has 0 radical (unpaired) electrons. The van der Waals surface area contributed by atoms with Gasteiger partial charge >= 0.3 is 0 Å². The molecule has 1 N–H and O–H groups in total. The van der Waals surface area contributed by atoms with Crippen LogP contribution in [0.15, 0.2) is 23.2 Å². The number of amidine groups is 1. The van der Waals surface area contributed by atoms with E-state index in [4.69, 9.17) is 9.73 Å². The maximum atomic E-state index is 5.77. The van der Waals surface area contributed by atoms with E-state index in [0.29, 0.717) is 6.61 Å². The molecule has 1 aromatic carbocycles. The lowest BCUT2D eigenvalue weighted by Crippen LogP contribution is -2.28. The van der Waals surface area contributed by atoms with Crippen molar-refractivity contribution in [3.8, 4) is 5.75 Å². The normalized spacial score (nSPS) is 17.4. The number of aryl methyl sites for hydroxylation is 1. The molecule has 1 unspecified atom stereocenters. The molecule has 0 bridgehead atoms. The Morgan fingerprint density at radius 2 is 2.05 bits per heavy atom. The fourth-order valence-electron chi connectivity index (χ4n) is 2.79. The molecule has 1 aliphatic rings. The van der Waals surface area contributed by atoms with Crippen molar-refractivity contribution < 1.29 is 4.74 Å². The summed E-state index contributed by atoms with van der Waals surface area (Å²) in [4.78, 5) is 4.71. The van der Waals surface area contributed by atoms with Crippen molar-refractivity contribution in [2.45, 2.75) is 58.9 Å². The van der Waals surface area contributed by atoms with E-state index >= 15 is 0 Å². The van der Waals surface area contributed by atoms with Gasteiger partial charge in [0.1, 0.15) is 5.75 Å². The Morgan fingerprint density at radius 1 is 1.24 bits per heavy atom. The molecule has 116 valence electrons. The van der Waals surface area contributed by atoms with E-state index in [1.807, 2.05) is 6.92 Å². The van der Waals surface area contributed by atoms with Gasteiger partial charge in [-0.2, -0.15) is 0 Å². The summed E-state index contributed by atoms with van der Waals surface area (Å²) in [5, 5.41) is 3.60. The first-order chi connectivity index (χ1) is 10.2. The maximum Gasteiger partial charge on any atom is 0.124 e. The molecule has 2 rings (SSSR count). The van der Waals surface area contributed by atoms with Crippen LogP contribution in [0.5, 0.6) is 5.75 Å². The Labute approximate surface area is 128 Å². The minimum Gasteiger partial charge on any atom is -0.494 e. The monoisotopic (exact) mass is 288 g/mol. The van der Waals surface area contributed by atoms with Crippen LogP contribution in [0.4, 0.5) is 0 Å². The third-order valence-electron chi connectivity index (χ3n) is 3.94. The Kier molecular flexibility index (Phi) is 6.09. The van der Waals surface area contributed by atoms with E-state index in [0.717, 1.165) is 24.6 Å². The number of nitrogens with zero attached hydrogens (tertiary/aromatic N) is 1. The maximum absolute atomic E-state index is 5.77. The first kappa shape index (κ1) is 15.9. The Hall–Kier alpha value is -1.51. The average molecular weight is 288 g/mol. The van der Waals surface area contributed by atoms with Crippen LogP contribution < -0.4 is 10.1 Å². The summed E-state index contributed by atoms with van der Waals surface area (Å²) in [7, 11) is 0. The molecule has 0 aromatic heterocycles. The predicted octanol–water partition coefficient (Wildman–Crippen LogP) is 4.41. The van der Waals surface area contributed by atoms with Gasteiger partial charge in [0.2, 0.25) is 0 Å². The van der Waals surface area contributed by atoms with Crippen molar-refractivity contribution >= 4 is 5.84 Å². The third-order valence-corrected chi connectivity index (χ3v) is 3.94. The highest BCUT2D eigenvalue weighted by molar-refractivity contribution is 5.82. The molecule has 1 atom stereocenters. The van der Waals surface area contributed by atoms with Crippen molar-refractivity contribution in [1.82, 2.24) is 5.32 Å². The zero-order chi connectivity index (χ0) is 15.1. The molecular formula is C18H28N2O.